The van der Waals surface area contributed by atoms with Crippen LogP contribution < -0.4 is 10.5 Å². The van der Waals surface area contributed by atoms with Gasteiger partial charge in [-0.1, -0.05) is 31.7 Å². The zero-order chi connectivity index (χ0) is 13.7. The minimum Gasteiger partial charge on any atom is -0.490 e. The summed E-state index contributed by atoms with van der Waals surface area (Å²) in [6, 6.07) is 5.80. The van der Waals surface area contributed by atoms with Crippen LogP contribution in [0.25, 0.3) is 0 Å². The molecular formula is C15H22BrNO2. The fraction of sp³-hybridized carbons (Fsp3) is 0.600. The maximum atomic E-state index is 10.0. The van der Waals surface area contributed by atoms with Crippen LogP contribution in [0.1, 0.15) is 37.7 Å². The van der Waals surface area contributed by atoms with Gasteiger partial charge in [-0.05, 0) is 46.0 Å². The van der Waals surface area contributed by atoms with Gasteiger partial charge in [-0.15, -0.1) is 0 Å². The van der Waals surface area contributed by atoms with Crippen molar-refractivity contribution in [3.63, 3.8) is 0 Å². The van der Waals surface area contributed by atoms with E-state index in [4.69, 9.17) is 10.5 Å². The Kier molecular flexibility index (Phi) is 5.67. The summed E-state index contributed by atoms with van der Waals surface area (Å²) in [6.07, 6.45) is 5.62. The molecule has 2 rings (SSSR count). The van der Waals surface area contributed by atoms with Gasteiger partial charge in [0.05, 0.1) is 10.6 Å². The average Bonchev–Trinajstić information content (AvgIpc) is 2.90. The first-order valence-electron chi connectivity index (χ1n) is 6.98. The lowest BCUT2D eigenvalue weighted by molar-refractivity contribution is 0.0852. The van der Waals surface area contributed by atoms with Crippen molar-refractivity contribution in [2.24, 2.45) is 11.7 Å². The average molecular weight is 328 g/mol. The van der Waals surface area contributed by atoms with Gasteiger partial charge >= 0.3 is 0 Å². The minimum absolute atomic E-state index is 0.358. The summed E-state index contributed by atoms with van der Waals surface area (Å²) in [5, 5.41) is 10.0. The van der Waals surface area contributed by atoms with E-state index in [9.17, 15) is 5.11 Å². The summed E-state index contributed by atoms with van der Waals surface area (Å²) in [5.74, 6) is 1.45. The maximum Gasteiger partial charge on any atom is 0.133 e. The Morgan fingerprint density at radius 2 is 2.11 bits per heavy atom. The molecule has 1 fully saturated rings. The quantitative estimate of drug-likeness (QED) is 0.843. The number of hydrogen-bond acceptors (Lipinski definition) is 3. The highest BCUT2D eigenvalue weighted by molar-refractivity contribution is 9.10. The van der Waals surface area contributed by atoms with Crippen LogP contribution in [0.2, 0.25) is 0 Å². The molecule has 1 unspecified atom stereocenters. The van der Waals surface area contributed by atoms with Crippen molar-refractivity contribution >= 4 is 15.9 Å². The molecule has 1 aliphatic rings. The summed E-state index contributed by atoms with van der Waals surface area (Å²) >= 11 is 3.46. The second kappa shape index (κ2) is 7.27. The zero-order valence-electron chi connectivity index (χ0n) is 11.1. The normalized spacial score (nSPS) is 17.6. The highest BCUT2D eigenvalue weighted by Crippen LogP contribution is 2.29. The molecule has 3 nitrogen and oxygen atoms in total. The Balaban J connectivity index is 1.80. The molecule has 19 heavy (non-hydrogen) atoms. The van der Waals surface area contributed by atoms with E-state index in [1.807, 2.05) is 18.2 Å². The molecule has 4 heteroatoms. The largest absolute Gasteiger partial charge is 0.490 e. The number of aliphatic hydroxyl groups is 1. The molecule has 0 spiro atoms. The molecule has 1 aromatic rings. The third-order valence-corrected chi connectivity index (χ3v) is 4.36. The zero-order valence-corrected chi connectivity index (χ0v) is 12.7. The monoisotopic (exact) mass is 327 g/mol. The summed E-state index contributed by atoms with van der Waals surface area (Å²) in [7, 11) is 0. The van der Waals surface area contributed by atoms with E-state index in [2.05, 4.69) is 15.9 Å². The summed E-state index contributed by atoms with van der Waals surface area (Å²) in [4.78, 5) is 0. The second-order valence-electron chi connectivity index (χ2n) is 5.32. The molecule has 1 saturated carbocycles. The van der Waals surface area contributed by atoms with Crippen molar-refractivity contribution in [2.75, 3.05) is 6.61 Å². The fourth-order valence-corrected chi connectivity index (χ4v) is 3.21. The van der Waals surface area contributed by atoms with Gasteiger partial charge in [-0.25, -0.2) is 0 Å². The van der Waals surface area contributed by atoms with Crippen molar-refractivity contribution in [2.45, 2.75) is 44.8 Å². The number of nitrogens with two attached hydrogens (primary N) is 1. The summed E-state index contributed by atoms with van der Waals surface area (Å²) in [5.41, 5.74) is 6.64. The first-order valence-corrected chi connectivity index (χ1v) is 7.77. The molecule has 0 amide bonds. The Hall–Kier alpha value is -0.580. The Labute approximate surface area is 123 Å². The Morgan fingerprint density at radius 3 is 2.74 bits per heavy atom. The molecule has 0 aromatic heterocycles. The van der Waals surface area contributed by atoms with Crippen molar-refractivity contribution in [3.05, 3.63) is 28.2 Å². The number of rotatable bonds is 6. The predicted octanol–water partition coefficient (Wildman–Crippen LogP) is 3.23. The van der Waals surface area contributed by atoms with Crippen LogP contribution in [0.4, 0.5) is 0 Å². The molecule has 106 valence electrons. The van der Waals surface area contributed by atoms with E-state index in [1.165, 1.54) is 25.7 Å². The van der Waals surface area contributed by atoms with Crippen LogP contribution in [-0.4, -0.2) is 17.8 Å². The van der Waals surface area contributed by atoms with Crippen LogP contribution >= 0.6 is 15.9 Å². The molecule has 0 aliphatic heterocycles. The number of halogens is 1. The summed E-state index contributed by atoms with van der Waals surface area (Å²) < 4.78 is 6.56. The molecule has 1 atom stereocenters. The maximum absolute atomic E-state index is 10.0. The third kappa shape index (κ3) is 4.48. The van der Waals surface area contributed by atoms with Gasteiger partial charge in [0.15, 0.2) is 0 Å². The van der Waals surface area contributed by atoms with Crippen LogP contribution in [0.15, 0.2) is 22.7 Å². The predicted molar refractivity (Wildman–Crippen MR) is 80.1 cm³/mol. The highest BCUT2D eigenvalue weighted by Gasteiger charge is 2.19. The fourth-order valence-electron chi connectivity index (χ4n) is 2.67. The lowest BCUT2D eigenvalue weighted by Crippen LogP contribution is -2.20. The van der Waals surface area contributed by atoms with Crippen molar-refractivity contribution < 1.29 is 9.84 Å². The molecule has 3 N–H and O–H groups in total. The van der Waals surface area contributed by atoms with Crippen molar-refractivity contribution in [3.8, 4) is 5.75 Å². The number of benzene rings is 1. The molecule has 1 aliphatic carbocycles. The summed E-state index contributed by atoms with van der Waals surface area (Å²) in [6.45, 7) is 0.875. The number of hydrogen-bond donors (Lipinski definition) is 2. The van der Waals surface area contributed by atoms with Crippen LogP contribution in [0, 0.1) is 5.92 Å². The van der Waals surface area contributed by atoms with E-state index in [0.717, 1.165) is 22.2 Å². The van der Waals surface area contributed by atoms with Crippen LogP contribution in [0.5, 0.6) is 5.75 Å². The van der Waals surface area contributed by atoms with Gasteiger partial charge < -0.3 is 15.6 Å². The lowest BCUT2D eigenvalue weighted by Gasteiger charge is -2.17. The van der Waals surface area contributed by atoms with Crippen LogP contribution in [0.3, 0.4) is 0 Å². The topological polar surface area (TPSA) is 55.5 Å². The van der Waals surface area contributed by atoms with Gasteiger partial charge in [0, 0.05) is 6.54 Å². The number of aliphatic hydroxyl groups excluding tert-OH is 1. The highest BCUT2D eigenvalue weighted by atomic mass is 79.9. The first kappa shape index (κ1) is 14.8. The van der Waals surface area contributed by atoms with Gasteiger partial charge in [0.2, 0.25) is 0 Å². The van der Waals surface area contributed by atoms with Crippen LogP contribution in [-0.2, 0) is 6.54 Å². The Morgan fingerprint density at radius 1 is 1.37 bits per heavy atom. The van der Waals surface area contributed by atoms with E-state index < -0.39 is 0 Å². The van der Waals surface area contributed by atoms with E-state index >= 15 is 0 Å². The molecule has 0 saturated heterocycles. The second-order valence-corrected chi connectivity index (χ2v) is 6.17. The smallest absolute Gasteiger partial charge is 0.133 e. The van der Waals surface area contributed by atoms with Gasteiger partial charge in [-0.2, -0.15) is 0 Å². The number of ether oxygens (including phenoxy) is 1. The van der Waals surface area contributed by atoms with E-state index in [1.54, 1.807) is 0 Å². The minimum atomic E-state index is -0.371. The molecule has 0 heterocycles. The molecule has 1 aromatic carbocycles. The standard InChI is InChI=1S/C15H22BrNO2/c16-14-8-12(9-17)5-6-15(14)19-10-13(18)7-11-3-1-2-4-11/h5-6,8,11,13,18H,1-4,7,9-10,17H2. The lowest BCUT2D eigenvalue weighted by atomic mass is 10.0. The van der Waals surface area contributed by atoms with Gasteiger partial charge in [-0.3, -0.25) is 0 Å². The third-order valence-electron chi connectivity index (χ3n) is 3.74. The van der Waals surface area contributed by atoms with Gasteiger partial charge in [0.25, 0.3) is 0 Å². The van der Waals surface area contributed by atoms with Crippen molar-refractivity contribution in [1.82, 2.24) is 0 Å². The van der Waals surface area contributed by atoms with E-state index in [0.29, 0.717) is 19.1 Å². The van der Waals surface area contributed by atoms with Gasteiger partial charge in [0.1, 0.15) is 12.4 Å². The Bertz CT molecular complexity index is 405. The molecule has 0 bridgehead atoms. The molecular weight excluding hydrogens is 306 g/mol. The first-order chi connectivity index (χ1) is 9.19. The van der Waals surface area contributed by atoms with Crippen molar-refractivity contribution in [1.29, 1.82) is 0 Å². The SMILES string of the molecule is NCc1ccc(OCC(O)CC2CCCC2)c(Br)c1. The molecule has 0 radical (unpaired) electrons. The van der Waals surface area contributed by atoms with E-state index in [-0.39, 0.29) is 6.10 Å².